The Morgan fingerprint density at radius 1 is 1.36 bits per heavy atom. The van der Waals surface area contributed by atoms with Crippen LogP contribution in [0.25, 0.3) is 0 Å². The maximum Gasteiger partial charge on any atom is 0.137 e. The number of aliphatic hydroxyl groups excluding tert-OH is 1. The largest absolute Gasteiger partial charge is 0.393 e. The van der Waals surface area contributed by atoms with Gasteiger partial charge in [0.1, 0.15) is 5.67 Å². The highest BCUT2D eigenvalue weighted by Gasteiger charge is 2.54. The summed E-state index contributed by atoms with van der Waals surface area (Å²) in [4.78, 5) is 0. The summed E-state index contributed by atoms with van der Waals surface area (Å²) in [6.45, 7) is -0.313. The lowest BCUT2D eigenvalue weighted by molar-refractivity contribution is 0.144. The molecule has 1 aromatic rings. The summed E-state index contributed by atoms with van der Waals surface area (Å²) in [5, 5.41) is 8.76. The van der Waals surface area contributed by atoms with E-state index >= 15 is 0 Å². The van der Waals surface area contributed by atoms with Crippen LogP contribution in [-0.2, 0) is 6.42 Å². The van der Waals surface area contributed by atoms with Crippen LogP contribution in [0, 0.1) is 5.92 Å². The minimum atomic E-state index is -1.26. The SMILES string of the molecule is OCC1(F)CC1CCc1ccccc1. The fraction of sp³-hybridized carbons (Fsp3) is 0.500. The van der Waals surface area contributed by atoms with Gasteiger partial charge in [0.25, 0.3) is 0 Å². The molecule has 1 fully saturated rings. The van der Waals surface area contributed by atoms with E-state index in [0.717, 1.165) is 12.8 Å². The van der Waals surface area contributed by atoms with Gasteiger partial charge in [0.15, 0.2) is 0 Å². The topological polar surface area (TPSA) is 20.2 Å². The molecule has 0 heterocycles. The highest BCUT2D eigenvalue weighted by atomic mass is 19.1. The molecule has 2 heteroatoms. The number of halogens is 1. The van der Waals surface area contributed by atoms with Crippen LogP contribution < -0.4 is 0 Å². The van der Waals surface area contributed by atoms with Crippen molar-refractivity contribution in [2.24, 2.45) is 5.92 Å². The summed E-state index contributed by atoms with van der Waals surface area (Å²) in [7, 11) is 0. The van der Waals surface area contributed by atoms with Gasteiger partial charge in [-0.05, 0) is 30.7 Å². The van der Waals surface area contributed by atoms with Gasteiger partial charge in [-0.3, -0.25) is 0 Å². The van der Waals surface area contributed by atoms with Crippen LogP contribution in [0.5, 0.6) is 0 Å². The van der Waals surface area contributed by atoms with Crippen molar-refractivity contribution in [1.82, 2.24) is 0 Å². The Balaban J connectivity index is 1.80. The second-order valence-electron chi connectivity index (χ2n) is 4.12. The van der Waals surface area contributed by atoms with Gasteiger partial charge in [0, 0.05) is 0 Å². The summed E-state index contributed by atoms with van der Waals surface area (Å²) < 4.78 is 13.3. The lowest BCUT2D eigenvalue weighted by atomic mass is 10.1. The molecule has 2 rings (SSSR count). The Kier molecular flexibility index (Phi) is 2.55. The Bertz CT molecular complexity index is 298. The monoisotopic (exact) mass is 194 g/mol. The number of alkyl halides is 1. The number of aliphatic hydroxyl groups is 1. The fourth-order valence-corrected chi connectivity index (χ4v) is 1.89. The van der Waals surface area contributed by atoms with E-state index in [2.05, 4.69) is 12.1 Å². The van der Waals surface area contributed by atoms with Crippen LogP contribution >= 0.6 is 0 Å². The van der Waals surface area contributed by atoms with E-state index in [1.165, 1.54) is 5.56 Å². The first-order chi connectivity index (χ1) is 6.74. The van der Waals surface area contributed by atoms with Crippen molar-refractivity contribution >= 4 is 0 Å². The lowest BCUT2D eigenvalue weighted by Gasteiger charge is -2.03. The molecule has 0 aromatic heterocycles. The predicted octanol–water partition coefficient (Wildman–Crippen LogP) is 2.34. The first-order valence-electron chi connectivity index (χ1n) is 5.08. The normalized spacial score (nSPS) is 30.3. The van der Waals surface area contributed by atoms with Gasteiger partial charge >= 0.3 is 0 Å². The van der Waals surface area contributed by atoms with Crippen LogP contribution in [0.4, 0.5) is 4.39 Å². The summed E-state index contributed by atoms with van der Waals surface area (Å²) in [5.41, 5.74) is -0.00547. The molecule has 1 aromatic carbocycles. The van der Waals surface area contributed by atoms with Crippen molar-refractivity contribution in [2.45, 2.75) is 24.9 Å². The van der Waals surface area contributed by atoms with Crippen LogP contribution in [-0.4, -0.2) is 17.4 Å². The maximum atomic E-state index is 13.3. The molecule has 2 atom stereocenters. The van der Waals surface area contributed by atoms with Gasteiger partial charge in [0.2, 0.25) is 0 Å². The first kappa shape index (κ1) is 9.66. The summed E-state index contributed by atoms with van der Waals surface area (Å²) in [6, 6.07) is 10.1. The zero-order valence-corrected chi connectivity index (χ0v) is 8.12. The average molecular weight is 194 g/mol. The van der Waals surface area contributed by atoms with Crippen molar-refractivity contribution in [2.75, 3.05) is 6.61 Å². The van der Waals surface area contributed by atoms with Crippen LogP contribution in [0.15, 0.2) is 30.3 Å². The molecule has 1 nitrogen and oxygen atoms in total. The minimum Gasteiger partial charge on any atom is -0.393 e. The van der Waals surface area contributed by atoms with Crippen LogP contribution in [0.3, 0.4) is 0 Å². The standard InChI is InChI=1S/C12H15FO/c13-12(9-14)8-11(12)7-6-10-4-2-1-3-5-10/h1-5,11,14H,6-9H2. The van der Waals surface area contributed by atoms with Gasteiger partial charge < -0.3 is 5.11 Å². The summed E-state index contributed by atoms with van der Waals surface area (Å²) >= 11 is 0. The van der Waals surface area contributed by atoms with Crippen LogP contribution in [0.2, 0.25) is 0 Å². The summed E-state index contributed by atoms with van der Waals surface area (Å²) in [5.74, 6) is 0.0766. The highest BCUT2D eigenvalue weighted by Crippen LogP contribution is 2.49. The Labute approximate surface area is 83.6 Å². The summed E-state index contributed by atoms with van der Waals surface area (Å²) in [6.07, 6.45) is 2.30. The zero-order valence-electron chi connectivity index (χ0n) is 8.12. The number of aryl methyl sites for hydroxylation is 1. The third-order valence-electron chi connectivity index (χ3n) is 3.04. The van der Waals surface area contributed by atoms with Crippen LogP contribution in [0.1, 0.15) is 18.4 Å². The molecule has 1 saturated carbocycles. The van der Waals surface area contributed by atoms with Gasteiger partial charge in [0.05, 0.1) is 6.61 Å². The average Bonchev–Trinajstić information content (AvgIpc) is 2.90. The quantitative estimate of drug-likeness (QED) is 0.780. The first-order valence-corrected chi connectivity index (χ1v) is 5.08. The molecule has 1 aliphatic carbocycles. The van der Waals surface area contributed by atoms with Gasteiger partial charge in [-0.1, -0.05) is 30.3 Å². The molecule has 0 spiro atoms. The Morgan fingerprint density at radius 3 is 2.64 bits per heavy atom. The van der Waals surface area contributed by atoms with Gasteiger partial charge in [-0.15, -0.1) is 0 Å². The van der Waals surface area contributed by atoms with Crippen molar-refractivity contribution in [3.05, 3.63) is 35.9 Å². The predicted molar refractivity (Wildman–Crippen MR) is 53.8 cm³/mol. The molecule has 14 heavy (non-hydrogen) atoms. The van der Waals surface area contributed by atoms with E-state index in [4.69, 9.17) is 5.11 Å². The highest BCUT2D eigenvalue weighted by molar-refractivity contribution is 5.16. The molecule has 1 N–H and O–H groups in total. The zero-order chi connectivity index (χ0) is 10.0. The number of hydrogen-bond donors (Lipinski definition) is 1. The maximum absolute atomic E-state index is 13.3. The van der Waals surface area contributed by atoms with Crippen molar-refractivity contribution < 1.29 is 9.50 Å². The van der Waals surface area contributed by atoms with Crippen molar-refractivity contribution in [1.29, 1.82) is 0 Å². The second-order valence-corrected chi connectivity index (χ2v) is 4.12. The number of rotatable bonds is 4. The van der Waals surface area contributed by atoms with E-state index in [9.17, 15) is 4.39 Å². The molecule has 0 amide bonds. The fourth-order valence-electron chi connectivity index (χ4n) is 1.89. The third kappa shape index (κ3) is 1.95. The van der Waals surface area contributed by atoms with Crippen molar-refractivity contribution in [3.8, 4) is 0 Å². The number of benzene rings is 1. The molecule has 76 valence electrons. The van der Waals surface area contributed by atoms with E-state index in [-0.39, 0.29) is 12.5 Å². The lowest BCUT2D eigenvalue weighted by Crippen LogP contribution is -2.10. The molecule has 0 saturated heterocycles. The third-order valence-corrected chi connectivity index (χ3v) is 3.04. The molecule has 0 radical (unpaired) electrons. The van der Waals surface area contributed by atoms with E-state index in [0.29, 0.717) is 6.42 Å². The van der Waals surface area contributed by atoms with E-state index < -0.39 is 5.67 Å². The minimum absolute atomic E-state index is 0.0766. The van der Waals surface area contributed by atoms with Gasteiger partial charge in [-0.25, -0.2) is 4.39 Å². The van der Waals surface area contributed by atoms with E-state index in [1.54, 1.807) is 0 Å². The number of hydrogen-bond acceptors (Lipinski definition) is 1. The molecule has 2 unspecified atom stereocenters. The molecule has 1 aliphatic rings. The second kappa shape index (κ2) is 3.70. The molecule has 0 aliphatic heterocycles. The molecule has 0 bridgehead atoms. The molecular weight excluding hydrogens is 179 g/mol. The smallest absolute Gasteiger partial charge is 0.137 e. The van der Waals surface area contributed by atoms with Crippen molar-refractivity contribution in [3.63, 3.8) is 0 Å². The molecular formula is C12H15FO. The van der Waals surface area contributed by atoms with Gasteiger partial charge in [-0.2, -0.15) is 0 Å². The Morgan fingerprint density at radius 2 is 2.07 bits per heavy atom. The Hall–Kier alpha value is -0.890. The van der Waals surface area contributed by atoms with E-state index in [1.807, 2.05) is 18.2 Å².